The van der Waals surface area contributed by atoms with E-state index < -0.39 is 0 Å². The molecule has 0 aliphatic carbocycles. The minimum Gasteiger partial charge on any atom is -0.457 e. The van der Waals surface area contributed by atoms with E-state index in [2.05, 4.69) is 10.2 Å². The number of hydrogen-bond donors (Lipinski definition) is 1. The number of nitrogens with zero attached hydrogens (tertiary/aromatic N) is 1. The topological polar surface area (TPSA) is 41.6 Å². The van der Waals surface area contributed by atoms with Crippen molar-refractivity contribution >= 4 is 11.6 Å². The Labute approximate surface area is 176 Å². The van der Waals surface area contributed by atoms with Gasteiger partial charge in [-0.15, -0.1) is 0 Å². The van der Waals surface area contributed by atoms with Crippen molar-refractivity contribution in [2.75, 3.05) is 18.4 Å². The van der Waals surface area contributed by atoms with Crippen molar-refractivity contribution in [3.8, 4) is 11.5 Å². The molecular weight excluding hydrogens is 379 g/mol. The molecular formula is C25H25FN2O2. The Balaban J connectivity index is 1.26. The van der Waals surface area contributed by atoms with Gasteiger partial charge >= 0.3 is 0 Å². The maximum absolute atomic E-state index is 13.8. The van der Waals surface area contributed by atoms with E-state index in [-0.39, 0.29) is 17.6 Å². The highest BCUT2D eigenvalue weighted by molar-refractivity contribution is 5.92. The predicted octanol–water partition coefficient (Wildman–Crippen LogP) is 5.47. The van der Waals surface area contributed by atoms with Gasteiger partial charge in [-0.3, -0.25) is 9.69 Å². The van der Waals surface area contributed by atoms with Crippen molar-refractivity contribution in [1.82, 2.24) is 4.90 Å². The lowest BCUT2D eigenvalue weighted by atomic mass is 9.95. The lowest BCUT2D eigenvalue weighted by Crippen LogP contribution is -2.37. The van der Waals surface area contributed by atoms with Crippen LogP contribution in [0.1, 0.15) is 18.4 Å². The maximum Gasteiger partial charge on any atom is 0.227 e. The number of halogens is 1. The van der Waals surface area contributed by atoms with Gasteiger partial charge in [0.25, 0.3) is 0 Å². The molecule has 1 aliphatic heterocycles. The summed E-state index contributed by atoms with van der Waals surface area (Å²) in [6.45, 7) is 2.16. The number of piperidine rings is 1. The zero-order valence-electron chi connectivity index (χ0n) is 16.8. The number of rotatable bonds is 6. The summed E-state index contributed by atoms with van der Waals surface area (Å²) < 4.78 is 19.6. The summed E-state index contributed by atoms with van der Waals surface area (Å²) in [5.41, 5.74) is 1.47. The average Bonchev–Trinajstić information content (AvgIpc) is 2.78. The Hall–Kier alpha value is -3.18. The van der Waals surface area contributed by atoms with Crippen LogP contribution in [0.5, 0.6) is 11.5 Å². The standard InChI is InChI=1S/C25H25FN2O2/c26-24-9-5-4-6-20(24)18-28-16-14-19(15-17-28)25(29)27-21-10-12-23(13-11-21)30-22-7-2-1-3-8-22/h1-13,19H,14-18H2,(H,27,29). The van der Waals surface area contributed by atoms with Crippen LogP contribution in [0.3, 0.4) is 0 Å². The molecule has 0 spiro atoms. The Kier molecular flexibility index (Phi) is 6.40. The molecule has 5 heteroatoms. The number of anilines is 1. The van der Waals surface area contributed by atoms with Crippen LogP contribution in [0.25, 0.3) is 0 Å². The second-order valence-electron chi connectivity index (χ2n) is 7.57. The van der Waals surface area contributed by atoms with Crippen LogP contribution in [0.15, 0.2) is 78.9 Å². The van der Waals surface area contributed by atoms with Gasteiger partial charge in [0, 0.05) is 23.7 Å². The molecule has 0 bridgehead atoms. The SMILES string of the molecule is O=C(Nc1ccc(Oc2ccccc2)cc1)C1CCN(Cc2ccccc2F)CC1. The molecule has 154 valence electrons. The van der Waals surface area contributed by atoms with E-state index in [1.807, 2.05) is 66.7 Å². The number of carbonyl (C=O) groups excluding carboxylic acids is 1. The lowest BCUT2D eigenvalue weighted by Gasteiger charge is -2.31. The van der Waals surface area contributed by atoms with Crippen molar-refractivity contribution in [3.05, 3.63) is 90.2 Å². The van der Waals surface area contributed by atoms with E-state index in [0.29, 0.717) is 12.1 Å². The summed E-state index contributed by atoms with van der Waals surface area (Å²) in [6.07, 6.45) is 1.55. The summed E-state index contributed by atoms with van der Waals surface area (Å²) in [4.78, 5) is 14.8. The van der Waals surface area contributed by atoms with Gasteiger partial charge in [0.1, 0.15) is 17.3 Å². The van der Waals surface area contributed by atoms with Crippen LogP contribution < -0.4 is 10.1 Å². The number of hydrogen-bond acceptors (Lipinski definition) is 3. The first-order chi connectivity index (χ1) is 14.7. The minimum absolute atomic E-state index is 0.0258. The van der Waals surface area contributed by atoms with Crippen molar-refractivity contribution in [2.45, 2.75) is 19.4 Å². The molecule has 0 aromatic heterocycles. The summed E-state index contributed by atoms with van der Waals surface area (Å²) in [5.74, 6) is 1.34. The first-order valence-electron chi connectivity index (χ1n) is 10.3. The second-order valence-corrected chi connectivity index (χ2v) is 7.57. The van der Waals surface area contributed by atoms with Crippen molar-refractivity contribution in [1.29, 1.82) is 0 Å². The van der Waals surface area contributed by atoms with Crippen molar-refractivity contribution in [2.24, 2.45) is 5.92 Å². The molecule has 1 heterocycles. The number of nitrogens with one attached hydrogen (secondary N) is 1. The largest absolute Gasteiger partial charge is 0.457 e. The highest BCUT2D eigenvalue weighted by Crippen LogP contribution is 2.25. The first-order valence-corrected chi connectivity index (χ1v) is 10.3. The van der Waals surface area contributed by atoms with Crippen LogP contribution in [-0.2, 0) is 11.3 Å². The number of likely N-dealkylation sites (tertiary alicyclic amines) is 1. The minimum atomic E-state index is -0.169. The number of carbonyl (C=O) groups is 1. The fraction of sp³-hybridized carbons (Fsp3) is 0.240. The Morgan fingerprint density at radius 2 is 1.53 bits per heavy atom. The first kappa shape index (κ1) is 20.1. The number of benzene rings is 3. The lowest BCUT2D eigenvalue weighted by molar-refractivity contribution is -0.121. The smallest absolute Gasteiger partial charge is 0.227 e. The molecule has 4 rings (SSSR count). The van der Waals surface area contributed by atoms with E-state index >= 15 is 0 Å². The molecule has 1 fully saturated rings. The van der Waals surface area contributed by atoms with Crippen LogP contribution in [0.2, 0.25) is 0 Å². The highest BCUT2D eigenvalue weighted by atomic mass is 19.1. The van der Waals surface area contributed by atoms with E-state index in [9.17, 15) is 9.18 Å². The van der Waals surface area contributed by atoms with Crippen LogP contribution in [0, 0.1) is 11.7 Å². The zero-order valence-corrected chi connectivity index (χ0v) is 16.8. The molecule has 1 N–H and O–H groups in total. The third-order valence-corrected chi connectivity index (χ3v) is 5.41. The summed E-state index contributed by atoms with van der Waals surface area (Å²) >= 11 is 0. The number of ether oxygens (including phenoxy) is 1. The van der Waals surface area contributed by atoms with E-state index in [4.69, 9.17) is 4.74 Å². The molecule has 0 unspecified atom stereocenters. The van der Waals surface area contributed by atoms with E-state index in [1.165, 1.54) is 6.07 Å². The number of para-hydroxylation sites is 1. The molecule has 1 aliphatic rings. The van der Waals surface area contributed by atoms with Gasteiger partial charge < -0.3 is 10.1 Å². The molecule has 1 saturated heterocycles. The van der Waals surface area contributed by atoms with Gasteiger partial charge in [-0.1, -0.05) is 36.4 Å². The van der Waals surface area contributed by atoms with Gasteiger partial charge in [0.2, 0.25) is 5.91 Å². The van der Waals surface area contributed by atoms with Crippen LogP contribution in [0.4, 0.5) is 10.1 Å². The van der Waals surface area contributed by atoms with Gasteiger partial charge in [-0.05, 0) is 68.4 Å². The van der Waals surface area contributed by atoms with Gasteiger partial charge in [0.15, 0.2) is 0 Å². The Bertz CT molecular complexity index is 968. The normalized spacial score (nSPS) is 15.0. The molecule has 3 aromatic carbocycles. The third kappa shape index (κ3) is 5.24. The quantitative estimate of drug-likeness (QED) is 0.592. The monoisotopic (exact) mass is 404 g/mol. The van der Waals surface area contributed by atoms with Gasteiger partial charge in [0.05, 0.1) is 0 Å². The van der Waals surface area contributed by atoms with Crippen molar-refractivity contribution < 1.29 is 13.9 Å². The van der Waals surface area contributed by atoms with Crippen LogP contribution >= 0.6 is 0 Å². The number of amides is 1. The predicted molar refractivity (Wildman–Crippen MR) is 116 cm³/mol. The second kappa shape index (κ2) is 9.55. The molecule has 3 aromatic rings. The Morgan fingerprint density at radius 3 is 2.23 bits per heavy atom. The molecule has 30 heavy (non-hydrogen) atoms. The van der Waals surface area contributed by atoms with E-state index in [1.54, 1.807) is 6.07 Å². The van der Waals surface area contributed by atoms with Gasteiger partial charge in [-0.25, -0.2) is 4.39 Å². The highest BCUT2D eigenvalue weighted by Gasteiger charge is 2.25. The average molecular weight is 404 g/mol. The molecule has 4 nitrogen and oxygen atoms in total. The molecule has 0 radical (unpaired) electrons. The molecule has 1 amide bonds. The zero-order chi connectivity index (χ0) is 20.8. The summed E-state index contributed by atoms with van der Waals surface area (Å²) in [5, 5.41) is 3.00. The van der Waals surface area contributed by atoms with Crippen molar-refractivity contribution in [3.63, 3.8) is 0 Å². The third-order valence-electron chi connectivity index (χ3n) is 5.41. The molecule has 0 atom stereocenters. The maximum atomic E-state index is 13.8. The van der Waals surface area contributed by atoms with Gasteiger partial charge in [-0.2, -0.15) is 0 Å². The summed E-state index contributed by atoms with van der Waals surface area (Å²) in [7, 11) is 0. The van der Waals surface area contributed by atoms with E-state index in [0.717, 1.165) is 43.1 Å². The fourth-order valence-corrected chi connectivity index (χ4v) is 3.70. The van der Waals surface area contributed by atoms with Crippen LogP contribution in [-0.4, -0.2) is 23.9 Å². The fourth-order valence-electron chi connectivity index (χ4n) is 3.70. The summed E-state index contributed by atoms with van der Waals surface area (Å²) in [6, 6.07) is 23.8. The molecule has 0 saturated carbocycles. The Morgan fingerprint density at radius 1 is 0.900 bits per heavy atom.